The number of rotatable bonds is 3. The molecule has 3 heteroatoms. The zero-order valence-electron chi connectivity index (χ0n) is 11.5. The van der Waals surface area contributed by atoms with E-state index in [0.717, 1.165) is 26.1 Å². The first kappa shape index (κ1) is 12.9. The van der Waals surface area contributed by atoms with Crippen LogP contribution in [0.3, 0.4) is 0 Å². The third kappa shape index (κ3) is 2.89. The van der Waals surface area contributed by atoms with Crippen molar-refractivity contribution in [3.8, 4) is 0 Å². The predicted molar refractivity (Wildman–Crippen MR) is 74.7 cm³/mol. The summed E-state index contributed by atoms with van der Waals surface area (Å²) in [5.41, 5.74) is 2.63. The third-order valence-electron chi connectivity index (χ3n) is 3.90. The highest BCUT2D eigenvalue weighted by molar-refractivity contribution is 5.20. The van der Waals surface area contributed by atoms with Crippen molar-refractivity contribution >= 4 is 0 Å². The van der Waals surface area contributed by atoms with Gasteiger partial charge in [-0.15, -0.1) is 0 Å². The van der Waals surface area contributed by atoms with Gasteiger partial charge in [-0.3, -0.25) is 4.90 Å². The Kier molecular flexibility index (Phi) is 3.69. The van der Waals surface area contributed by atoms with E-state index in [4.69, 9.17) is 9.47 Å². The van der Waals surface area contributed by atoms with Gasteiger partial charge in [-0.05, 0) is 24.5 Å². The van der Waals surface area contributed by atoms with Crippen LogP contribution in [-0.4, -0.2) is 37.0 Å². The minimum atomic E-state index is -0.491. The van der Waals surface area contributed by atoms with Crippen LogP contribution in [0.4, 0.5) is 0 Å². The van der Waals surface area contributed by atoms with Gasteiger partial charge in [0.15, 0.2) is 5.79 Å². The molecule has 2 aliphatic rings. The Morgan fingerprint density at radius 3 is 2.63 bits per heavy atom. The van der Waals surface area contributed by atoms with Crippen LogP contribution in [-0.2, 0) is 16.0 Å². The summed E-state index contributed by atoms with van der Waals surface area (Å²) in [6.45, 7) is 6.48. The molecule has 0 bridgehead atoms. The highest BCUT2D eigenvalue weighted by atomic mass is 16.7. The van der Waals surface area contributed by atoms with E-state index in [1.165, 1.54) is 11.1 Å². The van der Waals surface area contributed by atoms with E-state index in [-0.39, 0.29) is 0 Å². The number of hydrogen-bond acceptors (Lipinski definition) is 3. The molecule has 0 saturated carbocycles. The number of benzene rings is 1. The van der Waals surface area contributed by atoms with Gasteiger partial charge >= 0.3 is 0 Å². The van der Waals surface area contributed by atoms with Crippen molar-refractivity contribution in [2.45, 2.75) is 25.7 Å². The molecular formula is C16H21NO2. The molecule has 3 rings (SSSR count). The molecule has 19 heavy (non-hydrogen) atoms. The molecule has 1 aromatic carbocycles. The lowest BCUT2D eigenvalue weighted by Gasteiger charge is -2.34. The Hall–Kier alpha value is -1.16. The summed E-state index contributed by atoms with van der Waals surface area (Å²) in [5, 5.41) is 0. The normalized spacial score (nSPS) is 23.3. The number of ether oxygens (including phenoxy) is 2. The van der Waals surface area contributed by atoms with Gasteiger partial charge in [0.1, 0.15) is 0 Å². The predicted octanol–water partition coefficient (Wildman–Crippen LogP) is 2.58. The van der Waals surface area contributed by atoms with Crippen LogP contribution < -0.4 is 0 Å². The lowest BCUT2D eigenvalue weighted by Crippen LogP contribution is -2.39. The second-order valence-corrected chi connectivity index (χ2v) is 5.36. The summed E-state index contributed by atoms with van der Waals surface area (Å²) in [6.07, 6.45) is 3.36. The van der Waals surface area contributed by atoms with Crippen LogP contribution >= 0.6 is 0 Å². The topological polar surface area (TPSA) is 21.7 Å². The van der Waals surface area contributed by atoms with E-state index < -0.39 is 5.79 Å². The van der Waals surface area contributed by atoms with Gasteiger partial charge in [-0.2, -0.15) is 0 Å². The average molecular weight is 259 g/mol. The Balaban J connectivity index is 1.66. The average Bonchev–Trinajstić information content (AvgIpc) is 2.89. The second kappa shape index (κ2) is 5.45. The van der Waals surface area contributed by atoms with Crippen molar-refractivity contribution in [2.75, 3.05) is 26.3 Å². The lowest BCUT2D eigenvalue weighted by molar-refractivity contribution is -0.114. The Morgan fingerprint density at radius 2 is 1.89 bits per heavy atom. The SMILES string of the molecule is CC1(C2=CCCN(Cc3ccccc3)C2)OCCO1. The summed E-state index contributed by atoms with van der Waals surface area (Å²) < 4.78 is 11.5. The van der Waals surface area contributed by atoms with Crippen LogP contribution in [0, 0.1) is 0 Å². The van der Waals surface area contributed by atoms with Crippen molar-refractivity contribution in [1.82, 2.24) is 4.90 Å². The van der Waals surface area contributed by atoms with Gasteiger partial charge < -0.3 is 9.47 Å². The highest BCUT2D eigenvalue weighted by Crippen LogP contribution is 2.30. The largest absolute Gasteiger partial charge is 0.344 e. The zero-order valence-corrected chi connectivity index (χ0v) is 11.5. The van der Waals surface area contributed by atoms with Gasteiger partial charge in [0.05, 0.1) is 13.2 Å². The van der Waals surface area contributed by atoms with Gasteiger partial charge in [-0.25, -0.2) is 0 Å². The summed E-state index contributed by atoms with van der Waals surface area (Å²) >= 11 is 0. The quantitative estimate of drug-likeness (QED) is 0.779. The molecule has 2 aliphatic heterocycles. The molecule has 0 aliphatic carbocycles. The van der Waals surface area contributed by atoms with E-state index in [1.807, 2.05) is 6.92 Å². The molecule has 2 heterocycles. The van der Waals surface area contributed by atoms with Crippen LogP contribution in [0.5, 0.6) is 0 Å². The van der Waals surface area contributed by atoms with Crippen molar-refractivity contribution < 1.29 is 9.47 Å². The summed E-state index contributed by atoms with van der Waals surface area (Å²) in [4.78, 5) is 2.46. The molecule has 3 nitrogen and oxygen atoms in total. The minimum absolute atomic E-state index is 0.491. The lowest BCUT2D eigenvalue weighted by atomic mass is 10.0. The van der Waals surface area contributed by atoms with Crippen LogP contribution in [0.25, 0.3) is 0 Å². The second-order valence-electron chi connectivity index (χ2n) is 5.36. The first-order chi connectivity index (χ1) is 9.26. The van der Waals surface area contributed by atoms with Crippen LogP contribution in [0.1, 0.15) is 18.9 Å². The Labute approximate surface area is 114 Å². The molecule has 0 unspecified atom stereocenters. The third-order valence-corrected chi connectivity index (χ3v) is 3.90. The fourth-order valence-electron chi connectivity index (χ4n) is 2.81. The summed E-state index contributed by atoms with van der Waals surface area (Å²) in [6, 6.07) is 10.6. The van der Waals surface area contributed by atoms with E-state index in [2.05, 4.69) is 41.3 Å². The Bertz CT molecular complexity index is 449. The van der Waals surface area contributed by atoms with Crippen LogP contribution in [0.15, 0.2) is 42.0 Å². The molecule has 102 valence electrons. The smallest absolute Gasteiger partial charge is 0.189 e. The molecule has 0 radical (unpaired) electrons. The minimum Gasteiger partial charge on any atom is -0.344 e. The van der Waals surface area contributed by atoms with Gasteiger partial charge in [0.25, 0.3) is 0 Å². The van der Waals surface area contributed by atoms with Gasteiger partial charge in [-0.1, -0.05) is 36.4 Å². The maximum absolute atomic E-state index is 5.76. The molecular weight excluding hydrogens is 238 g/mol. The van der Waals surface area contributed by atoms with E-state index >= 15 is 0 Å². The summed E-state index contributed by atoms with van der Waals surface area (Å²) in [5.74, 6) is -0.491. The molecule has 1 fully saturated rings. The molecule has 0 aromatic heterocycles. The van der Waals surface area contributed by atoms with Crippen molar-refractivity contribution in [1.29, 1.82) is 0 Å². The Morgan fingerprint density at radius 1 is 1.16 bits per heavy atom. The van der Waals surface area contributed by atoms with Crippen molar-refractivity contribution in [3.63, 3.8) is 0 Å². The zero-order chi connectivity index (χ0) is 13.1. The van der Waals surface area contributed by atoms with Gasteiger partial charge in [0, 0.05) is 19.6 Å². The summed E-state index contributed by atoms with van der Waals surface area (Å²) in [7, 11) is 0. The van der Waals surface area contributed by atoms with E-state index in [1.54, 1.807) is 0 Å². The maximum atomic E-state index is 5.76. The molecule has 0 atom stereocenters. The first-order valence-corrected chi connectivity index (χ1v) is 7.00. The highest BCUT2D eigenvalue weighted by Gasteiger charge is 2.36. The van der Waals surface area contributed by atoms with E-state index in [0.29, 0.717) is 13.2 Å². The van der Waals surface area contributed by atoms with Crippen molar-refractivity contribution in [2.24, 2.45) is 0 Å². The van der Waals surface area contributed by atoms with Gasteiger partial charge in [0.2, 0.25) is 0 Å². The van der Waals surface area contributed by atoms with Crippen molar-refractivity contribution in [3.05, 3.63) is 47.5 Å². The molecule has 1 aromatic rings. The standard InChI is InChI=1S/C16H21NO2/c1-16(18-10-11-19-16)15-8-5-9-17(13-15)12-14-6-3-2-4-7-14/h2-4,6-8H,5,9-13H2,1H3. The molecule has 0 spiro atoms. The molecule has 0 N–H and O–H groups in total. The number of hydrogen-bond donors (Lipinski definition) is 0. The molecule has 1 saturated heterocycles. The fraction of sp³-hybridized carbons (Fsp3) is 0.500. The fourth-order valence-corrected chi connectivity index (χ4v) is 2.81. The molecule has 0 amide bonds. The maximum Gasteiger partial charge on any atom is 0.189 e. The monoisotopic (exact) mass is 259 g/mol. The van der Waals surface area contributed by atoms with Crippen LogP contribution in [0.2, 0.25) is 0 Å². The number of nitrogens with zero attached hydrogens (tertiary/aromatic N) is 1. The first-order valence-electron chi connectivity index (χ1n) is 7.00. The van der Waals surface area contributed by atoms with E-state index in [9.17, 15) is 0 Å².